The minimum atomic E-state index is -3.24. The minimum absolute atomic E-state index is 0.165. The Morgan fingerprint density at radius 3 is 2.87 bits per heavy atom. The number of anilines is 1. The number of fused-ring (bicyclic) bond motifs is 1. The van der Waals surface area contributed by atoms with Gasteiger partial charge in [0, 0.05) is 25.7 Å². The molecule has 1 aliphatic rings. The fourth-order valence-electron chi connectivity index (χ4n) is 3.55. The Morgan fingerprint density at radius 2 is 2.10 bits per heavy atom. The second-order valence-corrected chi connectivity index (χ2v) is 9.14. The van der Waals surface area contributed by atoms with E-state index < -0.39 is 16.4 Å². The molecule has 9 nitrogen and oxygen atoms in total. The second-order valence-electron chi connectivity index (χ2n) is 7.31. The Morgan fingerprint density at radius 1 is 1.27 bits per heavy atom. The first-order valence-electron chi connectivity index (χ1n) is 9.45. The summed E-state index contributed by atoms with van der Waals surface area (Å²) in [4.78, 5) is 14.9. The van der Waals surface area contributed by atoms with Crippen LogP contribution in [0.2, 0.25) is 0 Å². The third-order valence-electron chi connectivity index (χ3n) is 5.00. The van der Waals surface area contributed by atoms with Gasteiger partial charge in [0.2, 0.25) is 10.0 Å². The molecule has 1 atom stereocenters. The highest BCUT2D eigenvalue weighted by atomic mass is 32.2. The molecule has 0 saturated carbocycles. The summed E-state index contributed by atoms with van der Waals surface area (Å²) in [6.45, 7) is 1.81. The molecule has 0 amide bonds. The molecule has 0 aliphatic carbocycles. The van der Waals surface area contributed by atoms with Crippen LogP contribution in [-0.4, -0.2) is 58.9 Å². The summed E-state index contributed by atoms with van der Waals surface area (Å²) < 4.78 is 52.7. The highest BCUT2D eigenvalue weighted by Gasteiger charge is 2.23. The number of imidazole rings is 1. The third-order valence-corrected chi connectivity index (χ3v) is 5.69. The van der Waals surface area contributed by atoms with Crippen LogP contribution in [0.5, 0.6) is 0 Å². The lowest BCUT2D eigenvalue weighted by atomic mass is 9.98. The molecule has 0 radical (unpaired) electrons. The van der Waals surface area contributed by atoms with Crippen molar-refractivity contribution in [2.24, 2.45) is 5.92 Å². The monoisotopic (exact) mass is 437 g/mol. The average molecular weight is 437 g/mol. The van der Waals surface area contributed by atoms with Crippen molar-refractivity contribution in [3.8, 4) is 11.4 Å². The van der Waals surface area contributed by atoms with Crippen molar-refractivity contribution >= 4 is 21.5 Å². The Balaban J connectivity index is 1.59. The number of alkyl halides is 2. The van der Waals surface area contributed by atoms with E-state index in [1.54, 1.807) is 12.3 Å². The van der Waals surface area contributed by atoms with Gasteiger partial charge >= 0.3 is 0 Å². The van der Waals surface area contributed by atoms with Gasteiger partial charge in [-0.05, 0) is 30.9 Å². The van der Waals surface area contributed by atoms with E-state index in [9.17, 15) is 17.2 Å². The summed E-state index contributed by atoms with van der Waals surface area (Å²) in [5.41, 5.74) is 1.11. The van der Waals surface area contributed by atoms with E-state index in [2.05, 4.69) is 29.7 Å². The topological polar surface area (TPSA) is 105 Å². The Bertz CT molecular complexity index is 1150. The van der Waals surface area contributed by atoms with Gasteiger partial charge in [0.1, 0.15) is 23.5 Å². The number of hydrogen-bond donors (Lipinski definition) is 1. The summed E-state index contributed by atoms with van der Waals surface area (Å²) >= 11 is 0. The fourth-order valence-corrected chi connectivity index (χ4v) is 4.09. The maximum atomic E-state index is 13.0. The van der Waals surface area contributed by atoms with Crippen LogP contribution in [0.15, 0.2) is 30.7 Å². The highest BCUT2D eigenvalue weighted by Crippen LogP contribution is 2.26. The number of nitrogens with one attached hydrogen (secondary N) is 1. The zero-order valence-corrected chi connectivity index (χ0v) is 17.1. The summed E-state index contributed by atoms with van der Waals surface area (Å²) in [6, 6.07) is 4.51. The normalized spacial score (nSPS) is 17.7. The van der Waals surface area contributed by atoms with Gasteiger partial charge in [0.15, 0.2) is 5.65 Å². The quantitative estimate of drug-likeness (QED) is 0.628. The lowest BCUT2D eigenvalue weighted by Crippen LogP contribution is -2.41. The first kappa shape index (κ1) is 20.5. The van der Waals surface area contributed by atoms with Crippen LogP contribution in [0.1, 0.15) is 25.0 Å². The van der Waals surface area contributed by atoms with Crippen molar-refractivity contribution in [3.63, 3.8) is 0 Å². The minimum Gasteiger partial charge on any atom is -0.356 e. The maximum absolute atomic E-state index is 13.0. The van der Waals surface area contributed by atoms with Crippen LogP contribution in [0.4, 0.5) is 14.6 Å². The number of piperidine rings is 1. The van der Waals surface area contributed by atoms with Gasteiger partial charge < -0.3 is 4.90 Å². The molecule has 1 saturated heterocycles. The summed E-state index contributed by atoms with van der Waals surface area (Å²) in [6.07, 6.45) is 3.25. The summed E-state index contributed by atoms with van der Waals surface area (Å²) in [5.74, 6) is 0.849. The zero-order chi connectivity index (χ0) is 21.3. The largest absolute Gasteiger partial charge is 0.356 e. The predicted octanol–water partition coefficient (Wildman–Crippen LogP) is 1.89. The molecular formula is C18H21F2N7O2S. The Hall–Kier alpha value is -2.73. The Labute approximate surface area is 172 Å². The lowest BCUT2D eigenvalue weighted by Gasteiger charge is -2.33. The fraction of sp³-hybridized carbons (Fsp3) is 0.444. The average Bonchev–Trinajstić information content (AvgIpc) is 3.15. The number of halogens is 2. The molecular weight excluding hydrogens is 416 g/mol. The van der Waals surface area contributed by atoms with Gasteiger partial charge in [0.05, 0.1) is 18.1 Å². The van der Waals surface area contributed by atoms with Crippen LogP contribution < -0.4 is 9.62 Å². The van der Waals surface area contributed by atoms with Crippen LogP contribution in [-0.2, 0) is 10.0 Å². The summed E-state index contributed by atoms with van der Waals surface area (Å²) in [7, 11) is -3.24. The van der Waals surface area contributed by atoms with Gasteiger partial charge in [-0.1, -0.05) is 0 Å². The second kappa shape index (κ2) is 8.19. The van der Waals surface area contributed by atoms with Crippen LogP contribution in [0, 0.1) is 5.92 Å². The maximum Gasteiger partial charge on any atom is 0.282 e. The van der Waals surface area contributed by atoms with Gasteiger partial charge in [0.25, 0.3) is 6.43 Å². The number of aromatic nitrogens is 5. The molecule has 1 aliphatic heterocycles. The molecule has 30 heavy (non-hydrogen) atoms. The molecule has 0 aromatic carbocycles. The van der Waals surface area contributed by atoms with Crippen molar-refractivity contribution in [1.29, 1.82) is 0 Å². The lowest BCUT2D eigenvalue weighted by molar-refractivity contribution is 0.144. The van der Waals surface area contributed by atoms with Gasteiger partial charge in [-0.15, -0.1) is 0 Å². The first-order chi connectivity index (χ1) is 14.3. The van der Waals surface area contributed by atoms with Gasteiger partial charge in [-0.3, -0.25) is 0 Å². The third kappa shape index (κ3) is 4.54. The van der Waals surface area contributed by atoms with E-state index in [4.69, 9.17) is 0 Å². The Kier molecular flexibility index (Phi) is 5.60. The van der Waals surface area contributed by atoms with E-state index in [0.717, 1.165) is 25.6 Å². The van der Waals surface area contributed by atoms with Crippen molar-refractivity contribution in [2.45, 2.75) is 19.3 Å². The molecule has 12 heteroatoms. The standard InChI is InChI=1S/C18H21F2N7O2S/c1-30(28,29)24-8-12-3-2-6-26(10-12)17-7-14(22-11-23-17)15-9-21-16-5-4-13(18(19)20)25-27(15)16/h4-5,7,9,11-12,18,24H,2-3,6,8,10H2,1H3/t12-/m1/s1. The van der Waals surface area contributed by atoms with Crippen molar-refractivity contribution in [2.75, 3.05) is 30.8 Å². The van der Waals surface area contributed by atoms with E-state index in [-0.39, 0.29) is 11.6 Å². The smallest absolute Gasteiger partial charge is 0.282 e. The molecule has 0 unspecified atom stereocenters. The molecule has 0 bridgehead atoms. The highest BCUT2D eigenvalue weighted by molar-refractivity contribution is 7.88. The summed E-state index contributed by atoms with van der Waals surface area (Å²) in [5, 5.41) is 3.98. The molecule has 4 heterocycles. The van der Waals surface area contributed by atoms with Crippen LogP contribution in [0.3, 0.4) is 0 Å². The van der Waals surface area contributed by atoms with E-state index >= 15 is 0 Å². The van der Waals surface area contributed by atoms with Gasteiger partial charge in [-0.25, -0.2) is 41.4 Å². The molecule has 3 aromatic rings. The number of rotatable bonds is 6. The van der Waals surface area contributed by atoms with E-state index in [1.807, 2.05) is 0 Å². The van der Waals surface area contributed by atoms with Crippen molar-refractivity contribution < 1.29 is 17.2 Å². The molecule has 4 rings (SSSR count). The molecule has 0 spiro atoms. The first-order valence-corrected chi connectivity index (χ1v) is 11.3. The van der Waals surface area contributed by atoms with Crippen molar-refractivity contribution in [3.05, 3.63) is 36.4 Å². The molecule has 3 aromatic heterocycles. The van der Waals surface area contributed by atoms with E-state index in [1.165, 1.54) is 23.0 Å². The van der Waals surface area contributed by atoms with Crippen LogP contribution >= 0.6 is 0 Å². The van der Waals surface area contributed by atoms with Crippen LogP contribution in [0.25, 0.3) is 17.0 Å². The molecule has 160 valence electrons. The number of hydrogen-bond acceptors (Lipinski definition) is 7. The van der Waals surface area contributed by atoms with Crippen molar-refractivity contribution in [1.82, 2.24) is 29.3 Å². The molecule has 1 fully saturated rings. The predicted molar refractivity (Wildman–Crippen MR) is 107 cm³/mol. The molecule has 1 N–H and O–H groups in total. The van der Waals surface area contributed by atoms with E-state index in [0.29, 0.717) is 35.9 Å². The zero-order valence-electron chi connectivity index (χ0n) is 16.2. The van der Waals surface area contributed by atoms with Gasteiger partial charge in [-0.2, -0.15) is 5.10 Å². The number of sulfonamides is 1. The SMILES string of the molecule is CS(=O)(=O)NC[C@H]1CCCN(c2cc(-c3cnc4ccc(C(F)F)nn34)ncn2)C1. The number of nitrogens with zero attached hydrogens (tertiary/aromatic N) is 6.